The van der Waals surface area contributed by atoms with Crippen molar-refractivity contribution in [1.29, 1.82) is 0 Å². The molecule has 0 unspecified atom stereocenters. The highest BCUT2D eigenvalue weighted by atomic mass is 35.5. The van der Waals surface area contributed by atoms with Crippen LogP contribution in [0.5, 0.6) is 11.5 Å². The summed E-state index contributed by atoms with van der Waals surface area (Å²) in [6.07, 6.45) is -3.57. The van der Waals surface area contributed by atoms with Gasteiger partial charge in [0, 0.05) is 12.1 Å². The zero-order valence-electron chi connectivity index (χ0n) is 12.5. The Morgan fingerprint density at radius 3 is 2.11 bits per heavy atom. The van der Waals surface area contributed by atoms with Crippen molar-refractivity contribution in [1.82, 2.24) is 0 Å². The Morgan fingerprint density at radius 1 is 0.852 bits per heavy atom. The molecule has 3 rings (SSSR count). The summed E-state index contributed by atoms with van der Waals surface area (Å²) in [5.41, 5.74) is -0.974. The standard InChI is InChI=1S/C14H4Cl2O11/c15-3-1-5(23-11(17)18)7-8(9(3)25-12(19)20)6-2-4(16)10(7)26-14(22)27-13(21)24-6/h1-2H,(H,17,18)(H,19,20). The van der Waals surface area contributed by atoms with Crippen LogP contribution in [0.15, 0.2) is 35.0 Å². The summed E-state index contributed by atoms with van der Waals surface area (Å²) < 4.78 is 23.0. The average Bonchev–Trinajstić information content (AvgIpc) is 2.60. The number of carbonyl (C=O) groups is 2. The molecule has 0 atom stereocenters. The summed E-state index contributed by atoms with van der Waals surface area (Å²) in [6, 6.07) is 1.86. The first-order valence-electron chi connectivity index (χ1n) is 6.59. The first kappa shape index (κ1) is 18.4. The van der Waals surface area contributed by atoms with Gasteiger partial charge in [0.25, 0.3) is 0 Å². The smallest absolute Gasteiger partial charge is 0.449 e. The summed E-state index contributed by atoms with van der Waals surface area (Å²) in [5, 5.41) is 16.4. The molecule has 0 fully saturated rings. The highest BCUT2D eigenvalue weighted by molar-refractivity contribution is 6.39. The topological polar surface area (TPSA) is 167 Å². The van der Waals surface area contributed by atoms with Crippen molar-refractivity contribution < 1.29 is 42.5 Å². The average molecular weight is 419 g/mol. The summed E-state index contributed by atoms with van der Waals surface area (Å²) in [6.45, 7) is 0. The molecule has 27 heavy (non-hydrogen) atoms. The molecule has 0 saturated carbocycles. The molecular formula is C14H4Cl2O11. The monoisotopic (exact) mass is 418 g/mol. The van der Waals surface area contributed by atoms with Crippen LogP contribution in [-0.4, -0.2) is 22.5 Å². The second-order valence-corrected chi connectivity index (χ2v) is 5.48. The maximum Gasteiger partial charge on any atom is 0.524 e. The molecule has 2 N–H and O–H groups in total. The molecule has 2 bridgehead atoms. The lowest BCUT2D eigenvalue weighted by Gasteiger charge is -2.12. The van der Waals surface area contributed by atoms with Crippen LogP contribution in [0.25, 0.3) is 21.9 Å². The molecule has 0 saturated heterocycles. The zero-order chi connectivity index (χ0) is 19.9. The van der Waals surface area contributed by atoms with Gasteiger partial charge >= 0.3 is 24.0 Å². The molecule has 11 nitrogen and oxygen atoms in total. The van der Waals surface area contributed by atoms with Gasteiger partial charge in [-0.25, -0.2) is 19.2 Å². The summed E-state index contributed by atoms with van der Waals surface area (Å²) in [5.74, 6) is -4.15. The van der Waals surface area contributed by atoms with Gasteiger partial charge in [-0.3, -0.25) is 0 Å². The van der Waals surface area contributed by atoms with E-state index in [9.17, 15) is 19.2 Å². The molecule has 2 aromatic carbocycles. The maximum absolute atomic E-state index is 11.6. The minimum atomic E-state index is -1.79. The van der Waals surface area contributed by atoms with E-state index < -0.39 is 51.6 Å². The van der Waals surface area contributed by atoms with Crippen LogP contribution in [0.1, 0.15) is 0 Å². The number of rotatable bonds is 2. The van der Waals surface area contributed by atoms with E-state index >= 15 is 0 Å². The Morgan fingerprint density at radius 2 is 1.48 bits per heavy atom. The number of ether oxygens (including phenoxy) is 2. The number of hydrogen-bond donors (Lipinski definition) is 2. The molecule has 0 amide bonds. The van der Waals surface area contributed by atoms with Crippen LogP contribution in [0.2, 0.25) is 10.0 Å². The van der Waals surface area contributed by atoms with Gasteiger partial charge < -0.3 is 32.9 Å². The van der Waals surface area contributed by atoms with Crippen molar-refractivity contribution in [3.63, 3.8) is 0 Å². The predicted octanol–water partition coefficient (Wildman–Crippen LogP) is 3.47. The molecule has 0 aliphatic rings. The quantitative estimate of drug-likeness (QED) is 0.461. The number of halogens is 2. The van der Waals surface area contributed by atoms with Gasteiger partial charge in [-0.15, -0.1) is 0 Å². The third-order valence-electron chi connectivity index (χ3n) is 3.08. The fraction of sp³-hybridized carbons (Fsp3) is 0. The molecule has 3 aromatic rings. The second-order valence-electron chi connectivity index (χ2n) is 4.66. The first-order valence-corrected chi connectivity index (χ1v) is 7.34. The third kappa shape index (κ3) is 3.45. The van der Waals surface area contributed by atoms with Gasteiger partial charge in [0.2, 0.25) is 0 Å². The largest absolute Gasteiger partial charge is 0.524 e. The highest BCUT2D eigenvalue weighted by Crippen LogP contribution is 2.45. The van der Waals surface area contributed by atoms with E-state index in [-0.39, 0.29) is 15.8 Å². The summed E-state index contributed by atoms with van der Waals surface area (Å²) >= 11 is 11.9. The minimum Gasteiger partial charge on any atom is -0.449 e. The van der Waals surface area contributed by atoms with Gasteiger partial charge in [-0.05, 0) is 0 Å². The molecular weight excluding hydrogens is 415 g/mol. The molecule has 0 spiro atoms. The SMILES string of the molecule is O=C(O)Oc1c(Cl)cc(OC(=O)O)c2c3oc(=O)oc(=O)oc(cc3Cl)c12. The van der Waals surface area contributed by atoms with Crippen LogP contribution < -0.4 is 21.1 Å². The van der Waals surface area contributed by atoms with Crippen LogP contribution in [0, 0.1) is 0 Å². The molecule has 1 aromatic heterocycles. The van der Waals surface area contributed by atoms with Crippen molar-refractivity contribution in [2.45, 2.75) is 0 Å². The van der Waals surface area contributed by atoms with Crippen molar-refractivity contribution >= 4 is 57.5 Å². The van der Waals surface area contributed by atoms with Crippen LogP contribution in [0.4, 0.5) is 9.59 Å². The molecule has 0 aliphatic heterocycles. The van der Waals surface area contributed by atoms with Gasteiger partial charge in [0.1, 0.15) is 11.3 Å². The van der Waals surface area contributed by atoms with Crippen molar-refractivity contribution in [2.75, 3.05) is 0 Å². The van der Waals surface area contributed by atoms with E-state index in [0.717, 1.165) is 12.1 Å². The van der Waals surface area contributed by atoms with Crippen molar-refractivity contribution in [3.05, 3.63) is 43.4 Å². The van der Waals surface area contributed by atoms with Crippen molar-refractivity contribution in [2.24, 2.45) is 0 Å². The van der Waals surface area contributed by atoms with Gasteiger partial charge in [0.15, 0.2) is 11.3 Å². The van der Waals surface area contributed by atoms with E-state index in [1.54, 1.807) is 0 Å². The normalized spacial score (nSPS) is 10.7. The zero-order valence-corrected chi connectivity index (χ0v) is 14.0. The highest BCUT2D eigenvalue weighted by Gasteiger charge is 2.24. The van der Waals surface area contributed by atoms with E-state index in [4.69, 9.17) is 42.2 Å². The van der Waals surface area contributed by atoms with Gasteiger partial charge in [0.05, 0.1) is 20.8 Å². The van der Waals surface area contributed by atoms with Crippen LogP contribution >= 0.6 is 23.2 Å². The van der Waals surface area contributed by atoms with E-state index in [0.29, 0.717) is 0 Å². The molecule has 0 aliphatic carbocycles. The second kappa shape index (κ2) is 6.70. The van der Waals surface area contributed by atoms with Gasteiger partial charge in [-0.2, -0.15) is 0 Å². The Balaban J connectivity index is 2.72. The maximum atomic E-state index is 11.6. The fourth-order valence-corrected chi connectivity index (χ4v) is 2.73. The van der Waals surface area contributed by atoms with Crippen molar-refractivity contribution in [3.8, 4) is 11.5 Å². The van der Waals surface area contributed by atoms with Crippen LogP contribution in [0.3, 0.4) is 0 Å². The van der Waals surface area contributed by atoms with E-state index in [1.807, 2.05) is 0 Å². The van der Waals surface area contributed by atoms with Crippen LogP contribution in [-0.2, 0) is 0 Å². The number of carboxylic acid groups (broad SMARTS) is 2. The van der Waals surface area contributed by atoms with Gasteiger partial charge in [-0.1, -0.05) is 23.2 Å². The Bertz CT molecular complexity index is 1250. The molecule has 140 valence electrons. The predicted molar refractivity (Wildman–Crippen MR) is 86.9 cm³/mol. The fourth-order valence-electron chi connectivity index (χ4n) is 2.27. The Hall–Kier alpha value is -3.44. The summed E-state index contributed by atoms with van der Waals surface area (Å²) in [4.78, 5) is 45.2. The number of hydrogen-bond acceptors (Lipinski definition) is 9. The molecule has 13 heteroatoms. The number of benzene rings is 2. The minimum absolute atomic E-state index is 0.317. The Labute approximate surface area is 155 Å². The first-order chi connectivity index (χ1) is 12.7. The van der Waals surface area contributed by atoms with E-state index in [1.165, 1.54) is 0 Å². The summed E-state index contributed by atoms with van der Waals surface area (Å²) in [7, 11) is 0. The Kier molecular flexibility index (Phi) is 4.56. The molecule has 0 radical (unpaired) electrons. The lowest BCUT2D eigenvalue weighted by molar-refractivity contribution is 0.142. The lowest BCUT2D eigenvalue weighted by Crippen LogP contribution is -2.07. The lowest BCUT2D eigenvalue weighted by atomic mass is 10.1. The third-order valence-corrected chi connectivity index (χ3v) is 3.64. The van der Waals surface area contributed by atoms with E-state index in [2.05, 4.69) is 13.9 Å². The molecule has 1 heterocycles.